The molecule has 102 valence electrons. The van der Waals surface area contributed by atoms with Crippen LogP contribution >= 0.6 is 11.8 Å². The number of nitrogens with zero attached hydrogens (tertiary/aromatic N) is 1. The number of rotatable bonds is 7. The molecule has 6 nitrogen and oxygen atoms in total. The van der Waals surface area contributed by atoms with Crippen LogP contribution in [0.3, 0.4) is 0 Å². The summed E-state index contributed by atoms with van der Waals surface area (Å²) < 4.78 is 0. The van der Waals surface area contributed by atoms with Crippen LogP contribution in [0.5, 0.6) is 0 Å². The van der Waals surface area contributed by atoms with Crippen LogP contribution < -0.4 is 5.32 Å². The highest BCUT2D eigenvalue weighted by atomic mass is 32.2. The fraction of sp³-hybridized carbons (Fsp3) is 0.727. The molecule has 1 rings (SSSR count). The first-order valence-corrected chi connectivity index (χ1v) is 7.04. The van der Waals surface area contributed by atoms with Gasteiger partial charge in [0.25, 0.3) is 5.91 Å². The highest BCUT2D eigenvalue weighted by Crippen LogP contribution is 2.11. The van der Waals surface area contributed by atoms with E-state index in [0.29, 0.717) is 0 Å². The third-order valence-electron chi connectivity index (χ3n) is 2.50. The molecule has 1 amide bonds. The Hall–Kier alpha value is -1.24. The van der Waals surface area contributed by atoms with Crippen LogP contribution in [0, 0.1) is 0 Å². The van der Waals surface area contributed by atoms with Gasteiger partial charge in [-0.15, -0.1) is 0 Å². The zero-order chi connectivity index (χ0) is 13.5. The number of hydrogen-bond acceptors (Lipinski definition) is 5. The van der Waals surface area contributed by atoms with Gasteiger partial charge in [-0.2, -0.15) is 11.8 Å². The largest absolute Gasteiger partial charge is 0.477 e. The second kappa shape index (κ2) is 7.25. The van der Waals surface area contributed by atoms with Gasteiger partial charge in [0.05, 0.1) is 0 Å². The van der Waals surface area contributed by atoms with Crippen molar-refractivity contribution in [3.63, 3.8) is 0 Å². The van der Waals surface area contributed by atoms with Crippen molar-refractivity contribution in [2.45, 2.75) is 38.8 Å². The maximum atomic E-state index is 11.7. The van der Waals surface area contributed by atoms with Gasteiger partial charge in [-0.3, -0.25) is 4.79 Å². The lowest BCUT2D eigenvalue weighted by atomic mass is 10.1. The molecule has 1 heterocycles. The van der Waals surface area contributed by atoms with Crippen LogP contribution in [0.4, 0.5) is 0 Å². The van der Waals surface area contributed by atoms with Crippen LogP contribution in [0.2, 0.25) is 0 Å². The number of carbonyl (C=O) groups is 2. The van der Waals surface area contributed by atoms with Crippen molar-refractivity contribution >= 4 is 29.4 Å². The average molecular weight is 274 g/mol. The fourth-order valence-corrected chi connectivity index (χ4v) is 2.27. The molecule has 18 heavy (non-hydrogen) atoms. The molecule has 0 aliphatic carbocycles. The Morgan fingerprint density at radius 3 is 2.94 bits per heavy atom. The van der Waals surface area contributed by atoms with Gasteiger partial charge in [0, 0.05) is 12.5 Å². The van der Waals surface area contributed by atoms with Crippen molar-refractivity contribution in [2.24, 2.45) is 5.16 Å². The lowest BCUT2D eigenvalue weighted by molar-refractivity contribution is -0.131. The number of thioether (sulfide) groups is 1. The summed E-state index contributed by atoms with van der Waals surface area (Å²) in [4.78, 5) is 27.2. The van der Waals surface area contributed by atoms with E-state index >= 15 is 0 Å². The van der Waals surface area contributed by atoms with Crippen LogP contribution in [0.1, 0.15) is 26.7 Å². The van der Waals surface area contributed by atoms with Crippen molar-refractivity contribution in [2.75, 3.05) is 11.5 Å². The standard InChI is InChI=1S/C11H18N2O4S/c1-3-18-5-4-7(2)12-10(14)9-6-8(11(15)16)13-17-9/h7,9H,3-6H2,1-2H3,(H,12,14)(H,15,16). The van der Waals surface area contributed by atoms with Gasteiger partial charge in [0.2, 0.25) is 6.10 Å². The highest BCUT2D eigenvalue weighted by molar-refractivity contribution is 7.99. The Balaban J connectivity index is 2.28. The van der Waals surface area contributed by atoms with Crippen molar-refractivity contribution in [3.8, 4) is 0 Å². The first kappa shape index (κ1) is 14.8. The van der Waals surface area contributed by atoms with Crippen molar-refractivity contribution in [1.82, 2.24) is 5.32 Å². The number of carbonyl (C=O) groups excluding carboxylic acids is 1. The summed E-state index contributed by atoms with van der Waals surface area (Å²) >= 11 is 1.82. The lowest BCUT2D eigenvalue weighted by Gasteiger charge is -2.15. The number of oxime groups is 1. The van der Waals surface area contributed by atoms with Crippen molar-refractivity contribution in [1.29, 1.82) is 0 Å². The SMILES string of the molecule is CCSCCC(C)NC(=O)C1CC(C(=O)O)=NO1. The Kier molecular flexibility index (Phi) is 5.97. The van der Waals surface area contributed by atoms with Crippen LogP contribution in [-0.2, 0) is 14.4 Å². The Morgan fingerprint density at radius 1 is 1.67 bits per heavy atom. The molecule has 0 spiro atoms. The van der Waals surface area contributed by atoms with Crippen LogP contribution in [0.25, 0.3) is 0 Å². The molecule has 0 radical (unpaired) electrons. The number of amides is 1. The second-order valence-electron chi connectivity index (χ2n) is 4.04. The normalized spacial score (nSPS) is 19.9. The molecule has 2 unspecified atom stereocenters. The minimum Gasteiger partial charge on any atom is -0.477 e. The molecule has 7 heteroatoms. The predicted octanol–water partition coefficient (Wildman–Crippen LogP) is 0.864. The molecule has 0 saturated carbocycles. The summed E-state index contributed by atoms with van der Waals surface area (Å²) in [6.45, 7) is 4.01. The molecule has 1 aliphatic rings. The second-order valence-corrected chi connectivity index (χ2v) is 5.43. The quantitative estimate of drug-likeness (QED) is 0.672. The molecule has 0 bridgehead atoms. The Bertz CT molecular complexity index is 346. The van der Waals surface area contributed by atoms with E-state index in [1.54, 1.807) is 0 Å². The minimum atomic E-state index is -1.14. The molecule has 0 saturated heterocycles. The van der Waals surface area contributed by atoms with Gasteiger partial charge in [-0.05, 0) is 24.9 Å². The van der Waals surface area contributed by atoms with Crippen LogP contribution in [0.15, 0.2) is 5.16 Å². The van der Waals surface area contributed by atoms with E-state index in [1.165, 1.54) is 0 Å². The zero-order valence-electron chi connectivity index (χ0n) is 10.5. The molecule has 0 aromatic rings. The monoisotopic (exact) mass is 274 g/mol. The average Bonchev–Trinajstić information content (AvgIpc) is 2.78. The zero-order valence-corrected chi connectivity index (χ0v) is 11.3. The summed E-state index contributed by atoms with van der Waals surface area (Å²) in [5.74, 6) is 0.601. The van der Waals surface area contributed by atoms with Gasteiger partial charge in [0.15, 0.2) is 5.71 Å². The van der Waals surface area contributed by atoms with Gasteiger partial charge in [0.1, 0.15) is 0 Å². The van der Waals surface area contributed by atoms with Crippen molar-refractivity contribution in [3.05, 3.63) is 0 Å². The van der Waals surface area contributed by atoms with Gasteiger partial charge >= 0.3 is 5.97 Å². The van der Waals surface area contributed by atoms with Gasteiger partial charge in [-0.1, -0.05) is 12.1 Å². The summed E-state index contributed by atoms with van der Waals surface area (Å²) in [5, 5.41) is 14.9. The molecule has 1 aliphatic heterocycles. The summed E-state index contributed by atoms with van der Waals surface area (Å²) in [6.07, 6.45) is 0.0960. The van der Waals surface area contributed by atoms with E-state index in [-0.39, 0.29) is 24.1 Å². The van der Waals surface area contributed by atoms with E-state index in [9.17, 15) is 9.59 Å². The Labute approximate surface area is 110 Å². The molecule has 0 fully saturated rings. The summed E-state index contributed by atoms with van der Waals surface area (Å²) in [6, 6.07) is 0.0500. The third kappa shape index (κ3) is 4.56. The molecule has 0 aromatic carbocycles. The predicted molar refractivity (Wildman–Crippen MR) is 69.8 cm³/mol. The maximum Gasteiger partial charge on any atom is 0.353 e. The molecule has 0 aromatic heterocycles. The first-order chi connectivity index (χ1) is 8.54. The summed E-state index contributed by atoms with van der Waals surface area (Å²) in [5.41, 5.74) is -0.107. The number of carboxylic acid groups (broad SMARTS) is 1. The van der Waals surface area contributed by atoms with Gasteiger partial charge in [-0.25, -0.2) is 4.79 Å². The smallest absolute Gasteiger partial charge is 0.353 e. The topological polar surface area (TPSA) is 88.0 Å². The number of nitrogens with one attached hydrogen (secondary N) is 1. The highest BCUT2D eigenvalue weighted by Gasteiger charge is 2.31. The fourth-order valence-electron chi connectivity index (χ4n) is 1.46. The van der Waals surface area contributed by atoms with E-state index in [1.807, 2.05) is 18.7 Å². The van der Waals surface area contributed by atoms with E-state index in [2.05, 4.69) is 17.4 Å². The molecule has 2 N–H and O–H groups in total. The van der Waals surface area contributed by atoms with E-state index < -0.39 is 12.1 Å². The molecule has 2 atom stereocenters. The lowest BCUT2D eigenvalue weighted by Crippen LogP contribution is -2.40. The van der Waals surface area contributed by atoms with E-state index in [0.717, 1.165) is 17.9 Å². The van der Waals surface area contributed by atoms with Gasteiger partial charge < -0.3 is 15.3 Å². The first-order valence-electron chi connectivity index (χ1n) is 5.88. The maximum absolute atomic E-state index is 11.7. The summed E-state index contributed by atoms with van der Waals surface area (Å²) in [7, 11) is 0. The Morgan fingerprint density at radius 2 is 2.39 bits per heavy atom. The van der Waals surface area contributed by atoms with Crippen LogP contribution in [-0.4, -0.2) is 46.3 Å². The van der Waals surface area contributed by atoms with E-state index in [4.69, 9.17) is 9.94 Å². The third-order valence-corrected chi connectivity index (χ3v) is 3.43. The number of hydrogen-bond donors (Lipinski definition) is 2. The molecular weight excluding hydrogens is 256 g/mol. The number of carboxylic acids is 1. The van der Waals surface area contributed by atoms with Crippen molar-refractivity contribution < 1.29 is 19.5 Å². The number of aliphatic carboxylic acids is 1. The molecular formula is C11H18N2O4S. The minimum absolute atomic E-state index is 0.0254.